The first-order chi connectivity index (χ1) is 13.3. The maximum absolute atomic E-state index is 11.6. The van der Waals surface area contributed by atoms with Gasteiger partial charge in [0, 0.05) is 30.2 Å². The van der Waals surface area contributed by atoms with Crippen molar-refractivity contribution in [3.63, 3.8) is 0 Å². The third-order valence-corrected chi connectivity index (χ3v) is 6.48. The Labute approximate surface area is 169 Å². The van der Waals surface area contributed by atoms with Crippen LogP contribution in [0.2, 0.25) is 5.02 Å². The van der Waals surface area contributed by atoms with E-state index >= 15 is 0 Å². The van der Waals surface area contributed by atoms with E-state index in [-0.39, 0.29) is 17.9 Å². The van der Waals surface area contributed by atoms with E-state index in [2.05, 4.69) is 4.90 Å². The highest BCUT2D eigenvalue weighted by Crippen LogP contribution is 2.24. The fraction of sp³-hybridized carbons (Fsp3) is 0.350. The molecule has 1 heterocycles. The number of nitrogens with zero attached hydrogens (tertiary/aromatic N) is 1. The van der Waals surface area contributed by atoms with Gasteiger partial charge in [-0.15, -0.1) is 0 Å². The number of hydrogen-bond donors (Lipinski definition) is 1. The van der Waals surface area contributed by atoms with Gasteiger partial charge in [-0.25, -0.2) is 8.42 Å². The maximum atomic E-state index is 11.6. The van der Waals surface area contributed by atoms with Gasteiger partial charge in [0.15, 0.2) is 9.84 Å². The van der Waals surface area contributed by atoms with Crippen molar-refractivity contribution in [2.24, 2.45) is 0 Å². The van der Waals surface area contributed by atoms with Crippen molar-refractivity contribution in [2.45, 2.75) is 19.6 Å². The van der Waals surface area contributed by atoms with Crippen LogP contribution in [-0.4, -0.2) is 49.0 Å². The summed E-state index contributed by atoms with van der Waals surface area (Å²) in [6.07, 6.45) is -0.0706. The first-order valence-electron chi connectivity index (χ1n) is 8.94. The number of sulfone groups is 1. The fourth-order valence-corrected chi connectivity index (χ4v) is 4.48. The molecule has 6 nitrogen and oxygen atoms in total. The molecule has 0 aromatic heterocycles. The second kappa shape index (κ2) is 8.94. The molecule has 3 rings (SSSR count). The van der Waals surface area contributed by atoms with Crippen molar-refractivity contribution >= 4 is 27.4 Å². The van der Waals surface area contributed by atoms with Crippen LogP contribution in [-0.2, 0) is 34.2 Å². The molecule has 0 saturated carbocycles. The molecule has 28 heavy (non-hydrogen) atoms. The molecule has 0 amide bonds. The SMILES string of the molecule is O=C(O)Cc1ccc(OCc2ccc(Cl)cc2)c(CN2CCS(=O)(=O)CC2)c1. The molecule has 1 aliphatic rings. The van der Waals surface area contributed by atoms with Gasteiger partial charge in [-0.1, -0.05) is 35.9 Å². The van der Waals surface area contributed by atoms with E-state index in [4.69, 9.17) is 21.4 Å². The molecule has 8 heteroatoms. The second-order valence-corrected chi connectivity index (χ2v) is 9.60. The van der Waals surface area contributed by atoms with Crippen LogP contribution in [0.25, 0.3) is 0 Å². The van der Waals surface area contributed by atoms with Crippen LogP contribution in [0.3, 0.4) is 0 Å². The molecule has 1 saturated heterocycles. The Morgan fingerprint density at radius 3 is 2.36 bits per heavy atom. The highest BCUT2D eigenvalue weighted by atomic mass is 35.5. The number of carboxylic acids is 1. The highest BCUT2D eigenvalue weighted by Gasteiger charge is 2.22. The molecule has 2 aromatic rings. The summed E-state index contributed by atoms with van der Waals surface area (Å²) in [5.41, 5.74) is 2.51. The third kappa shape index (κ3) is 5.95. The first-order valence-corrected chi connectivity index (χ1v) is 11.1. The summed E-state index contributed by atoms with van der Waals surface area (Å²) < 4.78 is 29.3. The van der Waals surface area contributed by atoms with Crippen LogP contribution in [0.1, 0.15) is 16.7 Å². The van der Waals surface area contributed by atoms with Crippen molar-refractivity contribution in [3.8, 4) is 5.75 Å². The predicted octanol–water partition coefficient (Wildman–Crippen LogP) is 2.78. The molecule has 0 radical (unpaired) electrons. The Morgan fingerprint density at radius 1 is 1.07 bits per heavy atom. The molecule has 0 bridgehead atoms. The van der Waals surface area contributed by atoms with Gasteiger partial charge in [0.2, 0.25) is 0 Å². The van der Waals surface area contributed by atoms with Crippen LogP contribution in [0.5, 0.6) is 5.75 Å². The monoisotopic (exact) mass is 423 g/mol. The van der Waals surface area contributed by atoms with Gasteiger partial charge >= 0.3 is 5.97 Å². The van der Waals surface area contributed by atoms with Gasteiger partial charge in [-0.3, -0.25) is 9.69 Å². The van der Waals surface area contributed by atoms with Gasteiger partial charge in [0.25, 0.3) is 0 Å². The molecule has 0 atom stereocenters. The van der Waals surface area contributed by atoms with Gasteiger partial charge in [-0.05, 0) is 29.3 Å². The quantitative estimate of drug-likeness (QED) is 0.737. The molecule has 0 aliphatic carbocycles. The number of ether oxygens (including phenoxy) is 1. The number of rotatable bonds is 7. The number of benzene rings is 2. The number of carbonyl (C=O) groups is 1. The smallest absolute Gasteiger partial charge is 0.307 e. The van der Waals surface area contributed by atoms with Gasteiger partial charge < -0.3 is 9.84 Å². The van der Waals surface area contributed by atoms with Crippen molar-refractivity contribution < 1.29 is 23.1 Å². The Hall–Kier alpha value is -2.09. The van der Waals surface area contributed by atoms with Gasteiger partial charge in [-0.2, -0.15) is 0 Å². The molecule has 0 spiro atoms. The van der Waals surface area contributed by atoms with Crippen LogP contribution in [0.4, 0.5) is 0 Å². The van der Waals surface area contributed by atoms with Crippen LogP contribution < -0.4 is 4.74 Å². The van der Waals surface area contributed by atoms with Crippen LogP contribution >= 0.6 is 11.6 Å². The lowest BCUT2D eigenvalue weighted by Crippen LogP contribution is -2.39. The van der Waals surface area contributed by atoms with Gasteiger partial charge in [0.05, 0.1) is 17.9 Å². The molecular formula is C20H22ClNO5S. The van der Waals surface area contributed by atoms with E-state index < -0.39 is 15.8 Å². The lowest BCUT2D eigenvalue weighted by Gasteiger charge is -2.27. The topological polar surface area (TPSA) is 83.9 Å². The molecule has 150 valence electrons. The minimum Gasteiger partial charge on any atom is -0.489 e. The molecule has 1 fully saturated rings. The summed E-state index contributed by atoms with van der Waals surface area (Å²) in [7, 11) is -2.95. The van der Waals surface area contributed by atoms with Crippen molar-refractivity contribution in [1.82, 2.24) is 4.90 Å². The number of aliphatic carboxylic acids is 1. The Kier molecular flexibility index (Phi) is 6.59. The molecule has 0 unspecified atom stereocenters. The summed E-state index contributed by atoms with van der Waals surface area (Å²) in [5, 5.41) is 9.72. The van der Waals surface area contributed by atoms with E-state index in [0.29, 0.717) is 42.6 Å². The highest BCUT2D eigenvalue weighted by molar-refractivity contribution is 7.91. The zero-order valence-corrected chi connectivity index (χ0v) is 16.9. The Morgan fingerprint density at radius 2 is 1.71 bits per heavy atom. The molecule has 2 aromatic carbocycles. The average Bonchev–Trinajstić information content (AvgIpc) is 2.64. The van der Waals surface area contributed by atoms with Crippen molar-refractivity contribution in [3.05, 3.63) is 64.2 Å². The Balaban J connectivity index is 1.75. The lowest BCUT2D eigenvalue weighted by atomic mass is 10.1. The van der Waals surface area contributed by atoms with Crippen molar-refractivity contribution in [1.29, 1.82) is 0 Å². The summed E-state index contributed by atoms with van der Waals surface area (Å²) in [6, 6.07) is 12.7. The lowest BCUT2D eigenvalue weighted by molar-refractivity contribution is -0.136. The zero-order valence-electron chi connectivity index (χ0n) is 15.3. The average molecular weight is 424 g/mol. The first kappa shape index (κ1) is 20.6. The normalized spacial score (nSPS) is 16.6. The summed E-state index contributed by atoms with van der Waals surface area (Å²) in [4.78, 5) is 13.1. The van der Waals surface area contributed by atoms with Crippen molar-refractivity contribution in [2.75, 3.05) is 24.6 Å². The second-order valence-electron chi connectivity index (χ2n) is 6.86. The number of halogens is 1. The van der Waals surface area contributed by atoms with E-state index in [1.165, 1.54) is 0 Å². The van der Waals surface area contributed by atoms with Crippen LogP contribution in [0.15, 0.2) is 42.5 Å². The predicted molar refractivity (Wildman–Crippen MR) is 107 cm³/mol. The summed E-state index contributed by atoms with van der Waals surface area (Å²) in [6.45, 7) is 1.79. The standard InChI is InChI=1S/C20H22ClNO5S/c21-18-4-1-15(2-5-18)14-27-19-6-3-16(12-20(23)24)11-17(19)13-22-7-9-28(25,26)10-8-22/h1-6,11H,7-10,12-14H2,(H,23,24). The third-order valence-electron chi connectivity index (χ3n) is 4.62. The van der Waals surface area contributed by atoms with E-state index in [1.807, 2.05) is 18.2 Å². The van der Waals surface area contributed by atoms with E-state index in [0.717, 1.165) is 11.1 Å². The minimum absolute atomic E-state index is 0.0706. The molecule has 1 N–H and O–H groups in total. The minimum atomic E-state index is -2.95. The van der Waals surface area contributed by atoms with Crippen LogP contribution in [0, 0.1) is 0 Å². The van der Waals surface area contributed by atoms with Gasteiger partial charge in [0.1, 0.15) is 12.4 Å². The zero-order chi connectivity index (χ0) is 20.1. The van der Waals surface area contributed by atoms with E-state index in [9.17, 15) is 13.2 Å². The Bertz CT molecular complexity index is 930. The maximum Gasteiger partial charge on any atom is 0.307 e. The largest absolute Gasteiger partial charge is 0.489 e. The molecule has 1 aliphatic heterocycles. The fourth-order valence-electron chi connectivity index (χ4n) is 3.07. The van der Waals surface area contributed by atoms with E-state index in [1.54, 1.807) is 24.3 Å². The number of carboxylic acid groups (broad SMARTS) is 1. The summed E-state index contributed by atoms with van der Waals surface area (Å²) in [5.74, 6) is 0.0494. The molecular weight excluding hydrogens is 402 g/mol. The number of hydrogen-bond acceptors (Lipinski definition) is 5. The summed E-state index contributed by atoms with van der Waals surface area (Å²) >= 11 is 5.90.